The highest BCUT2D eigenvalue weighted by atomic mass is 19.4. The second kappa shape index (κ2) is 7.15. The first-order valence-electron chi connectivity index (χ1n) is 6.22. The van der Waals surface area contributed by atoms with Crippen LogP contribution in [0.2, 0.25) is 0 Å². The van der Waals surface area contributed by atoms with Gasteiger partial charge in [0.25, 0.3) is 0 Å². The van der Waals surface area contributed by atoms with Crippen molar-refractivity contribution in [2.24, 2.45) is 5.92 Å². The van der Waals surface area contributed by atoms with Crippen LogP contribution in [0.3, 0.4) is 0 Å². The molecule has 0 fully saturated rings. The summed E-state index contributed by atoms with van der Waals surface area (Å²) in [5.74, 6) is -1.33. The van der Waals surface area contributed by atoms with Crippen LogP contribution in [0.25, 0.3) is 0 Å². The molecule has 2 unspecified atom stereocenters. The summed E-state index contributed by atoms with van der Waals surface area (Å²) >= 11 is 0. The predicted octanol–water partition coefficient (Wildman–Crippen LogP) is 3.05. The normalized spacial score (nSPS) is 14.4. The van der Waals surface area contributed by atoms with Crippen molar-refractivity contribution < 1.29 is 17.9 Å². The third-order valence-electron chi connectivity index (χ3n) is 2.74. The zero-order valence-corrected chi connectivity index (χ0v) is 11.4. The van der Waals surface area contributed by atoms with Crippen LogP contribution in [0.15, 0.2) is 24.3 Å². The number of nitrogens with one attached hydrogen (secondary N) is 1. The molecule has 2 atom stereocenters. The van der Waals surface area contributed by atoms with Crippen molar-refractivity contribution >= 4 is 0 Å². The zero-order chi connectivity index (χ0) is 15.2. The molecule has 1 N–H and O–H groups in total. The summed E-state index contributed by atoms with van der Waals surface area (Å²) in [7, 11) is 0. The largest absolute Gasteiger partial charge is 0.492 e. The standard InChI is InChI=1S/C14H17F3N2O/c1-10-3-5-13(6-4-10)20-9-11(2)19-8-12(7-18)14(15,16)17/h3-6,11-12,19H,8-9H2,1-2H3. The molecule has 1 aromatic carbocycles. The van der Waals surface area contributed by atoms with E-state index in [9.17, 15) is 13.2 Å². The molecule has 0 aliphatic carbocycles. The molecule has 0 heterocycles. The number of benzene rings is 1. The van der Waals surface area contributed by atoms with Crippen molar-refractivity contribution in [3.05, 3.63) is 29.8 Å². The summed E-state index contributed by atoms with van der Waals surface area (Å²) in [6.45, 7) is 3.46. The Kier molecular flexibility index (Phi) is 5.83. The number of rotatable bonds is 6. The Morgan fingerprint density at radius 1 is 1.30 bits per heavy atom. The summed E-state index contributed by atoms with van der Waals surface area (Å²) in [4.78, 5) is 0. The van der Waals surface area contributed by atoms with Gasteiger partial charge >= 0.3 is 6.18 Å². The number of alkyl halides is 3. The van der Waals surface area contributed by atoms with E-state index < -0.39 is 18.6 Å². The molecule has 0 aliphatic rings. The molecule has 110 valence electrons. The monoisotopic (exact) mass is 286 g/mol. The van der Waals surface area contributed by atoms with Gasteiger partial charge < -0.3 is 10.1 Å². The van der Waals surface area contributed by atoms with Crippen LogP contribution in [0.4, 0.5) is 13.2 Å². The molecule has 6 heteroatoms. The van der Waals surface area contributed by atoms with Crippen molar-refractivity contribution in [3.8, 4) is 11.8 Å². The minimum atomic E-state index is -4.50. The zero-order valence-electron chi connectivity index (χ0n) is 11.4. The fourth-order valence-corrected chi connectivity index (χ4v) is 1.47. The smallest absolute Gasteiger partial charge is 0.405 e. The molecular weight excluding hydrogens is 269 g/mol. The van der Waals surface area contributed by atoms with Gasteiger partial charge in [0.1, 0.15) is 12.4 Å². The summed E-state index contributed by atoms with van der Waals surface area (Å²) < 4.78 is 42.5. The summed E-state index contributed by atoms with van der Waals surface area (Å²) in [6, 6.07) is 8.35. The van der Waals surface area contributed by atoms with E-state index in [0.717, 1.165) is 5.56 Å². The van der Waals surface area contributed by atoms with Crippen molar-refractivity contribution in [2.45, 2.75) is 26.1 Å². The Bertz CT molecular complexity index is 451. The third kappa shape index (κ3) is 5.49. The molecule has 0 amide bonds. The highest BCUT2D eigenvalue weighted by Gasteiger charge is 2.39. The molecule has 3 nitrogen and oxygen atoms in total. The number of aryl methyl sites for hydroxylation is 1. The lowest BCUT2D eigenvalue weighted by Gasteiger charge is -2.18. The van der Waals surface area contributed by atoms with Crippen molar-refractivity contribution in [1.29, 1.82) is 5.26 Å². The van der Waals surface area contributed by atoms with E-state index in [1.54, 1.807) is 19.1 Å². The van der Waals surface area contributed by atoms with Gasteiger partial charge in [0, 0.05) is 12.6 Å². The predicted molar refractivity (Wildman–Crippen MR) is 69.3 cm³/mol. The van der Waals surface area contributed by atoms with Gasteiger partial charge in [-0.3, -0.25) is 0 Å². The Morgan fingerprint density at radius 3 is 2.40 bits per heavy atom. The average molecular weight is 286 g/mol. The molecule has 0 aliphatic heterocycles. The Labute approximate surface area is 116 Å². The molecule has 20 heavy (non-hydrogen) atoms. The van der Waals surface area contributed by atoms with E-state index in [1.807, 2.05) is 19.1 Å². The molecule has 0 saturated carbocycles. The first kappa shape index (κ1) is 16.3. The van der Waals surface area contributed by atoms with Crippen LogP contribution in [0, 0.1) is 24.2 Å². The van der Waals surface area contributed by atoms with E-state index in [4.69, 9.17) is 10.00 Å². The second-order valence-corrected chi connectivity index (χ2v) is 4.66. The Hall–Kier alpha value is -1.74. The maximum atomic E-state index is 12.4. The topological polar surface area (TPSA) is 45.0 Å². The highest BCUT2D eigenvalue weighted by molar-refractivity contribution is 5.26. The minimum Gasteiger partial charge on any atom is -0.492 e. The van der Waals surface area contributed by atoms with Gasteiger partial charge in [-0.2, -0.15) is 18.4 Å². The molecular formula is C14H17F3N2O. The first-order valence-corrected chi connectivity index (χ1v) is 6.22. The first-order chi connectivity index (χ1) is 9.32. The van der Waals surface area contributed by atoms with E-state index in [-0.39, 0.29) is 12.6 Å². The van der Waals surface area contributed by atoms with Crippen LogP contribution in [0.1, 0.15) is 12.5 Å². The molecule has 1 rings (SSSR count). The quantitative estimate of drug-likeness (QED) is 0.874. The number of halogens is 3. The average Bonchev–Trinajstić information content (AvgIpc) is 2.37. The van der Waals surface area contributed by atoms with E-state index in [1.165, 1.54) is 6.07 Å². The lowest BCUT2D eigenvalue weighted by molar-refractivity contribution is -0.158. The van der Waals surface area contributed by atoms with Gasteiger partial charge in [-0.05, 0) is 26.0 Å². The number of hydrogen-bond donors (Lipinski definition) is 1. The molecule has 0 spiro atoms. The summed E-state index contributed by atoms with van der Waals surface area (Å²) in [5, 5.41) is 11.1. The van der Waals surface area contributed by atoms with Gasteiger partial charge in [0.15, 0.2) is 5.92 Å². The molecule has 1 aromatic rings. The van der Waals surface area contributed by atoms with Gasteiger partial charge in [-0.25, -0.2) is 0 Å². The van der Waals surface area contributed by atoms with E-state index in [2.05, 4.69) is 5.32 Å². The highest BCUT2D eigenvalue weighted by Crippen LogP contribution is 2.24. The fourth-order valence-electron chi connectivity index (χ4n) is 1.47. The van der Waals surface area contributed by atoms with Gasteiger partial charge in [0.05, 0.1) is 6.07 Å². The van der Waals surface area contributed by atoms with Crippen molar-refractivity contribution in [2.75, 3.05) is 13.2 Å². The van der Waals surface area contributed by atoms with Gasteiger partial charge in [-0.15, -0.1) is 0 Å². The van der Waals surface area contributed by atoms with Crippen LogP contribution >= 0.6 is 0 Å². The van der Waals surface area contributed by atoms with Crippen LogP contribution in [-0.4, -0.2) is 25.4 Å². The van der Waals surface area contributed by atoms with Gasteiger partial charge in [-0.1, -0.05) is 17.7 Å². The van der Waals surface area contributed by atoms with Crippen LogP contribution in [-0.2, 0) is 0 Å². The number of nitriles is 1. The fraction of sp³-hybridized carbons (Fsp3) is 0.500. The number of ether oxygens (including phenoxy) is 1. The SMILES string of the molecule is Cc1ccc(OCC(C)NCC(C#N)C(F)(F)F)cc1. The van der Waals surface area contributed by atoms with Gasteiger partial charge in [0.2, 0.25) is 0 Å². The van der Waals surface area contributed by atoms with Crippen molar-refractivity contribution in [3.63, 3.8) is 0 Å². The molecule has 0 bridgehead atoms. The molecule has 0 saturated heterocycles. The molecule has 0 radical (unpaired) electrons. The maximum absolute atomic E-state index is 12.4. The Balaban J connectivity index is 2.35. The lowest BCUT2D eigenvalue weighted by atomic mass is 10.1. The third-order valence-corrected chi connectivity index (χ3v) is 2.74. The minimum absolute atomic E-state index is 0.235. The van der Waals surface area contributed by atoms with E-state index >= 15 is 0 Å². The number of hydrogen-bond acceptors (Lipinski definition) is 3. The molecule has 0 aromatic heterocycles. The second-order valence-electron chi connectivity index (χ2n) is 4.66. The number of nitrogens with zero attached hydrogens (tertiary/aromatic N) is 1. The van der Waals surface area contributed by atoms with Crippen LogP contribution in [0.5, 0.6) is 5.75 Å². The lowest BCUT2D eigenvalue weighted by Crippen LogP contribution is -2.39. The van der Waals surface area contributed by atoms with Crippen molar-refractivity contribution in [1.82, 2.24) is 5.32 Å². The van der Waals surface area contributed by atoms with E-state index in [0.29, 0.717) is 5.75 Å². The summed E-state index contributed by atoms with van der Waals surface area (Å²) in [5.41, 5.74) is 1.10. The summed E-state index contributed by atoms with van der Waals surface area (Å²) in [6.07, 6.45) is -4.50. The maximum Gasteiger partial charge on any atom is 0.405 e. The van der Waals surface area contributed by atoms with Crippen LogP contribution < -0.4 is 10.1 Å². The Morgan fingerprint density at radius 2 is 1.90 bits per heavy atom.